The average Bonchev–Trinajstić information content (AvgIpc) is 1.91. The van der Waals surface area contributed by atoms with Gasteiger partial charge in [0.1, 0.15) is 0 Å². The van der Waals surface area contributed by atoms with E-state index in [1.165, 1.54) is 0 Å². The number of carbonyl (C=O) groups is 1. The summed E-state index contributed by atoms with van der Waals surface area (Å²) in [7, 11) is 0. The summed E-state index contributed by atoms with van der Waals surface area (Å²) < 4.78 is 1.02. The van der Waals surface area contributed by atoms with Gasteiger partial charge in [0.2, 0.25) is 5.75 Å². The summed E-state index contributed by atoms with van der Waals surface area (Å²) in [6, 6.07) is 3.82. The third-order valence-corrected chi connectivity index (χ3v) is 1.09. The first kappa shape index (κ1) is 9.59. The SMILES string of the molecule is Brc1cccnc1.O=CCl. The van der Waals surface area contributed by atoms with Crippen molar-refractivity contribution in [2.75, 3.05) is 0 Å². The summed E-state index contributed by atoms with van der Waals surface area (Å²) >= 11 is 7.57. The van der Waals surface area contributed by atoms with Crippen LogP contribution in [0.4, 0.5) is 0 Å². The molecule has 10 heavy (non-hydrogen) atoms. The van der Waals surface area contributed by atoms with E-state index in [4.69, 9.17) is 4.79 Å². The molecule has 0 saturated heterocycles. The van der Waals surface area contributed by atoms with Gasteiger partial charge in [0.25, 0.3) is 0 Å². The van der Waals surface area contributed by atoms with Crippen molar-refractivity contribution in [3.63, 3.8) is 0 Å². The second-order valence-electron chi connectivity index (χ2n) is 1.26. The summed E-state index contributed by atoms with van der Waals surface area (Å²) in [6.45, 7) is 0. The Bertz CT molecular complexity index is 180. The van der Waals surface area contributed by atoms with Crippen molar-refractivity contribution in [2.24, 2.45) is 0 Å². The molecule has 0 radical (unpaired) electrons. The van der Waals surface area contributed by atoms with Gasteiger partial charge in [0.15, 0.2) is 0 Å². The van der Waals surface area contributed by atoms with Crippen LogP contribution in [0, 0.1) is 0 Å². The molecule has 1 aromatic heterocycles. The first-order valence-electron chi connectivity index (χ1n) is 2.40. The van der Waals surface area contributed by atoms with Crippen LogP contribution in [-0.2, 0) is 4.79 Å². The lowest BCUT2D eigenvalue weighted by molar-refractivity contribution is 0.569. The van der Waals surface area contributed by atoms with Gasteiger partial charge in [-0.2, -0.15) is 0 Å². The maximum Gasteiger partial charge on any atom is 0.208 e. The third kappa shape index (κ3) is 5.72. The van der Waals surface area contributed by atoms with Gasteiger partial charge in [-0.15, -0.1) is 0 Å². The highest BCUT2D eigenvalue weighted by atomic mass is 79.9. The fourth-order valence-electron chi connectivity index (χ4n) is 0.342. The van der Waals surface area contributed by atoms with Crippen molar-refractivity contribution < 1.29 is 4.79 Å². The standard InChI is InChI=1S/C5H4BrN.CHClO/c6-5-2-1-3-7-4-5;2-1-3/h1-4H;1H. The Morgan fingerprint density at radius 2 is 2.30 bits per heavy atom. The molecule has 1 aromatic rings. The van der Waals surface area contributed by atoms with E-state index >= 15 is 0 Å². The Labute approximate surface area is 72.4 Å². The molecule has 0 aliphatic rings. The molecule has 0 unspecified atom stereocenters. The Hall–Kier alpha value is -0.410. The fourth-order valence-corrected chi connectivity index (χ4v) is 0.613. The average molecular weight is 222 g/mol. The molecule has 0 amide bonds. The molecule has 2 nitrogen and oxygen atoms in total. The number of halogens is 2. The molecule has 0 spiro atoms. The molecule has 0 fully saturated rings. The predicted molar refractivity (Wildman–Crippen MR) is 44.5 cm³/mol. The molecule has 4 heteroatoms. The topological polar surface area (TPSA) is 30.0 Å². The van der Waals surface area contributed by atoms with E-state index in [1.807, 2.05) is 12.1 Å². The van der Waals surface area contributed by atoms with Crippen LogP contribution in [0.25, 0.3) is 0 Å². The summed E-state index contributed by atoms with van der Waals surface area (Å²) in [6.07, 6.45) is 3.49. The molecule has 0 aromatic carbocycles. The number of hydrogen-bond acceptors (Lipinski definition) is 2. The predicted octanol–water partition coefficient (Wildman–Crippen LogP) is 2.26. The van der Waals surface area contributed by atoms with Gasteiger partial charge < -0.3 is 0 Å². The number of aromatic nitrogens is 1. The van der Waals surface area contributed by atoms with Crippen molar-refractivity contribution in [3.05, 3.63) is 29.0 Å². The zero-order chi connectivity index (χ0) is 7.82. The van der Waals surface area contributed by atoms with E-state index < -0.39 is 0 Å². The molecular formula is C6H5BrClNO. The molecule has 0 atom stereocenters. The molecule has 0 bridgehead atoms. The van der Waals surface area contributed by atoms with Crippen LogP contribution in [0.3, 0.4) is 0 Å². The highest BCUT2D eigenvalue weighted by molar-refractivity contribution is 9.10. The van der Waals surface area contributed by atoms with Gasteiger partial charge in [0.05, 0.1) is 0 Å². The number of nitrogens with zero attached hydrogens (tertiary/aromatic N) is 1. The highest BCUT2D eigenvalue weighted by Crippen LogP contribution is 2.02. The number of pyridine rings is 1. The van der Waals surface area contributed by atoms with Gasteiger partial charge in [-0.3, -0.25) is 9.78 Å². The number of carbonyl (C=O) groups excluding carboxylic acids is 1. The fraction of sp³-hybridized carbons (Fsp3) is 0. The van der Waals surface area contributed by atoms with E-state index in [0.29, 0.717) is 0 Å². The van der Waals surface area contributed by atoms with Gasteiger partial charge in [-0.25, -0.2) is 0 Å². The van der Waals surface area contributed by atoms with Gasteiger partial charge in [-0.05, 0) is 39.7 Å². The van der Waals surface area contributed by atoms with Crippen LogP contribution >= 0.6 is 27.5 Å². The zero-order valence-corrected chi connectivity index (χ0v) is 7.34. The lowest BCUT2D eigenvalue weighted by Crippen LogP contribution is -1.64. The third-order valence-electron chi connectivity index (χ3n) is 0.625. The van der Waals surface area contributed by atoms with Crippen LogP contribution in [0.5, 0.6) is 0 Å². The summed E-state index contributed by atoms with van der Waals surface area (Å²) in [5.74, 6) is 0.222. The van der Waals surface area contributed by atoms with Crippen LogP contribution in [0.15, 0.2) is 29.0 Å². The van der Waals surface area contributed by atoms with Crippen LogP contribution in [0.1, 0.15) is 0 Å². The maximum atomic E-state index is 8.57. The molecule has 54 valence electrons. The van der Waals surface area contributed by atoms with Crippen molar-refractivity contribution in [2.45, 2.75) is 0 Å². The highest BCUT2D eigenvalue weighted by Gasteiger charge is 1.75. The van der Waals surface area contributed by atoms with Crippen molar-refractivity contribution in [1.29, 1.82) is 0 Å². The quantitative estimate of drug-likeness (QED) is 0.498. The minimum Gasteiger partial charge on any atom is -0.285 e. The normalized spacial score (nSPS) is 7.40. The van der Waals surface area contributed by atoms with E-state index in [1.54, 1.807) is 12.4 Å². The number of rotatable bonds is 0. The molecule has 0 saturated carbocycles. The van der Waals surface area contributed by atoms with Crippen molar-refractivity contribution in [1.82, 2.24) is 4.98 Å². The lowest BCUT2D eigenvalue weighted by Gasteiger charge is -1.80. The van der Waals surface area contributed by atoms with E-state index in [9.17, 15) is 0 Å². The second kappa shape index (κ2) is 6.71. The summed E-state index contributed by atoms with van der Waals surface area (Å²) in [5, 5.41) is 0. The minimum atomic E-state index is 0.222. The summed E-state index contributed by atoms with van der Waals surface area (Å²) in [4.78, 5) is 12.4. The van der Waals surface area contributed by atoms with Crippen LogP contribution in [0.2, 0.25) is 0 Å². The second-order valence-corrected chi connectivity index (χ2v) is 2.35. The van der Waals surface area contributed by atoms with Crippen molar-refractivity contribution in [3.8, 4) is 0 Å². The van der Waals surface area contributed by atoms with Crippen LogP contribution in [-0.4, -0.2) is 10.7 Å². The van der Waals surface area contributed by atoms with Gasteiger partial charge in [-0.1, -0.05) is 0 Å². The van der Waals surface area contributed by atoms with E-state index in [2.05, 4.69) is 32.5 Å². The van der Waals surface area contributed by atoms with E-state index in [-0.39, 0.29) is 5.75 Å². The largest absolute Gasteiger partial charge is 0.285 e. The monoisotopic (exact) mass is 221 g/mol. The molecule has 0 aliphatic heterocycles. The van der Waals surface area contributed by atoms with Crippen LogP contribution < -0.4 is 0 Å². The Morgan fingerprint density at radius 1 is 1.70 bits per heavy atom. The molecule has 1 rings (SSSR count). The Morgan fingerprint density at radius 3 is 2.50 bits per heavy atom. The van der Waals surface area contributed by atoms with E-state index in [0.717, 1.165) is 4.47 Å². The first-order chi connectivity index (χ1) is 4.81. The molecule has 1 heterocycles. The minimum absolute atomic E-state index is 0.222. The molecular weight excluding hydrogens is 217 g/mol. The number of hydrogen-bond donors (Lipinski definition) is 0. The lowest BCUT2D eigenvalue weighted by atomic mass is 10.5. The smallest absolute Gasteiger partial charge is 0.208 e. The van der Waals surface area contributed by atoms with Crippen molar-refractivity contribution >= 4 is 33.3 Å². The Kier molecular flexibility index (Phi) is 6.43. The summed E-state index contributed by atoms with van der Waals surface area (Å²) in [5.41, 5.74) is 0. The molecule has 0 N–H and O–H groups in total. The zero-order valence-electron chi connectivity index (χ0n) is 5.00. The van der Waals surface area contributed by atoms with Gasteiger partial charge >= 0.3 is 0 Å². The maximum absolute atomic E-state index is 8.57. The van der Waals surface area contributed by atoms with Gasteiger partial charge in [0, 0.05) is 16.9 Å². The molecule has 0 aliphatic carbocycles. The Balaban J connectivity index is 0.000000236. The first-order valence-corrected chi connectivity index (χ1v) is 3.63.